The molecule has 0 aromatic heterocycles. The molecule has 1 aliphatic heterocycles. The summed E-state index contributed by atoms with van der Waals surface area (Å²) in [4.78, 5) is 25.8. The van der Waals surface area contributed by atoms with Crippen molar-refractivity contribution in [1.82, 2.24) is 10.3 Å². The summed E-state index contributed by atoms with van der Waals surface area (Å²) in [5, 5.41) is 7.61. The van der Waals surface area contributed by atoms with Crippen molar-refractivity contribution in [2.45, 2.75) is 64.0 Å². The molecular weight excluding hydrogens is 417 g/mol. The Morgan fingerprint density at radius 3 is 2.18 bits per heavy atom. The fraction of sp³-hybridized carbons (Fsp3) is 0.481. The second-order valence-electron chi connectivity index (χ2n) is 9.40. The minimum absolute atomic E-state index is 0.0338. The van der Waals surface area contributed by atoms with Crippen molar-refractivity contribution in [2.75, 3.05) is 18.1 Å². The van der Waals surface area contributed by atoms with E-state index in [-0.39, 0.29) is 35.6 Å². The summed E-state index contributed by atoms with van der Waals surface area (Å²) in [6, 6.07) is 16.1. The molecule has 0 bridgehead atoms. The third-order valence-corrected chi connectivity index (χ3v) is 7.19. The van der Waals surface area contributed by atoms with Crippen LogP contribution in [0, 0.1) is 11.7 Å². The van der Waals surface area contributed by atoms with Crippen LogP contribution >= 0.6 is 0 Å². The molecule has 2 fully saturated rings. The van der Waals surface area contributed by atoms with E-state index >= 15 is 0 Å². The maximum atomic E-state index is 13.2. The Labute approximate surface area is 195 Å². The number of carbonyl (C=O) groups is 2. The molecule has 2 aromatic rings. The fourth-order valence-electron chi connectivity index (χ4n) is 4.82. The number of rotatable bonds is 8. The minimum Gasteiger partial charge on any atom is -0.353 e. The molecule has 6 heteroatoms. The van der Waals surface area contributed by atoms with E-state index < -0.39 is 0 Å². The Morgan fingerprint density at radius 2 is 1.61 bits per heavy atom. The van der Waals surface area contributed by atoms with Gasteiger partial charge >= 0.3 is 0 Å². The maximum absolute atomic E-state index is 13.2. The van der Waals surface area contributed by atoms with Gasteiger partial charge < -0.3 is 5.32 Å². The van der Waals surface area contributed by atoms with Crippen LogP contribution in [0.15, 0.2) is 54.6 Å². The van der Waals surface area contributed by atoms with Crippen LogP contribution in [-0.2, 0) is 9.59 Å². The van der Waals surface area contributed by atoms with E-state index in [1.165, 1.54) is 12.1 Å². The molecule has 33 heavy (non-hydrogen) atoms. The zero-order valence-corrected chi connectivity index (χ0v) is 19.5. The molecule has 2 aliphatic rings. The van der Waals surface area contributed by atoms with Gasteiger partial charge in [0.05, 0.1) is 11.6 Å². The third kappa shape index (κ3) is 5.44. The maximum Gasteiger partial charge on any atom is 0.227 e. The second-order valence-corrected chi connectivity index (χ2v) is 9.40. The Bertz CT molecular complexity index is 938. The lowest BCUT2D eigenvalue weighted by molar-refractivity contribution is -0.127. The number of nitrogens with zero attached hydrogens (tertiary/aromatic N) is 2. The first-order chi connectivity index (χ1) is 15.9. The van der Waals surface area contributed by atoms with Crippen LogP contribution in [0.3, 0.4) is 0 Å². The summed E-state index contributed by atoms with van der Waals surface area (Å²) in [5.74, 6) is -0.144. The number of para-hydroxylation sites is 1. The molecule has 1 aliphatic carbocycles. The molecule has 2 atom stereocenters. The van der Waals surface area contributed by atoms with E-state index in [1.54, 1.807) is 12.1 Å². The largest absolute Gasteiger partial charge is 0.353 e. The van der Waals surface area contributed by atoms with E-state index in [4.69, 9.17) is 0 Å². The van der Waals surface area contributed by atoms with Gasteiger partial charge in [-0.3, -0.25) is 14.6 Å². The quantitative estimate of drug-likeness (QED) is 0.633. The molecule has 0 spiro atoms. The molecule has 0 radical (unpaired) electrons. The Morgan fingerprint density at radius 1 is 0.970 bits per heavy atom. The molecule has 176 valence electrons. The highest BCUT2D eigenvalue weighted by molar-refractivity contribution is 5.89. The molecule has 1 saturated heterocycles. The molecule has 1 saturated carbocycles. The first-order valence-corrected chi connectivity index (χ1v) is 12.1. The first-order valence-electron chi connectivity index (χ1n) is 12.1. The van der Waals surface area contributed by atoms with Crippen LogP contribution in [0.4, 0.5) is 10.1 Å². The predicted molar refractivity (Wildman–Crippen MR) is 128 cm³/mol. The molecule has 2 aromatic carbocycles. The van der Waals surface area contributed by atoms with Gasteiger partial charge in [0.15, 0.2) is 5.78 Å². The fourth-order valence-corrected chi connectivity index (χ4v) is 4.82. The van der Waals surface area contributed by atoms with Gasteiger partial charge in [-0.1, -0.05) is 36.8 Å². The van der Waals surface area contributed by atoms with Crippen molar-refractivity contribution in [2.24, 2.45) is 5.92 Å². The molecule has 1 amide bonds. The van der Waals surface area contributed by atoms with Gasteiger partial charge in [-0.05, 0) is 69.4 Å². The summed E-state index contributed by atoms with van der Waals surface area (Å²) < 4.78 is 13.2. The van der Waals surface area contributed by atoms with E-state index in [1.807, 2.05) is 32.0 Å². The van der Waals surface area contributed by atoms with Gasteiger partial charge in [0.1, 0.15) is 11.9 Å². The lowest BCUT2D eigenvalue weighted by Gasteiger charge is -2.45. The van der Waals surface area contributed by atoms with Gasteiger partial charge in [0, 0.05) is 25.0 Å². The number of nitrogens with one attached hydrogen (secondary N) is 1. The van der Waals surface area contributed by atoms with Crippen LogP contribution in [0.5, 0.6) is 0 Å². The summed E-state index contributed by atoms with van der Waals surface area (Å²) in [5.41, 5.74) is 1.84. The van der Waals surface area contributed by atoms with Gasteiger partial charge in [-0.2, -0.15) is 0 Å². The number of anilines is 1. The van der Waals surface area contributed by atoms with Crippen molar-refractivity contribution in [3.8, 4) is 0 Å². The number of piperidine rings is 1. The SMILES string of the molecule is CC(C(=O)NC1CCN(N(c2ccccc2)C(C)C(=O)C2CCC2)CC1)c1ccc(F)cc1. The van der Waals surface area contributed by atoms with Crippen LogP contribution < -0.4 is 10.3 Å². The first kappa shape index (κ1) is 23.4. The highest BCUT2D eigenvalue weighted by atomic mass is 19.1. The van der Waals surface area contributed by atoms with Gasteiger partial charge in [-0.15, -0.1) is 0 Å². The van der Waals surface area contributed by atoms with E-state index in [9.17, 15) is 14.0 Å². The van der Waals surface area contributed by atoms with Crippen LogP contribution in [0.2, 0.25) is 0 Å². The normalized spacial score (nSPS) is 19.4. The lowest BCUT2D eigenvalue weighted by Crippen LogP contribution is -2.57. The number of carbonyl (C=O) groups excluding carboxylic acids is 2. The number of halogens is 1. The van der Waals surface area contributed by atoms with Crippen molar-refractivity contribution in [3.05, 3.63) is 66.0 Å². The number of hydrogen-bond acceptors (Lipinski definition) is 4. The lowest BCUT2D eigenvalue weighted by atomic mass is 9.80. The molecule has 1 N–H and O–H groups in total. The summed E-state index contributed by atoms with van der Waals surface area (Å²) in [7, 11) is 0. The van der Waals surface area contributed by atoms with Crippen LogP contribution in [0.1, 0.15) is 57.4 Å². The molecule has 1 heterocycles. The van der Waals surface area contributed by atoms with Crippen LogP contribution in [-0.4, -0.2) is 41.9 Å². The van der Waals surface area contributed by atoms with Gasteiger partial charge in [0.2, 0.25) is 5.91 Å². The molecule has 5 nitrogen and oxygen atoms in total. The number of benzene rings is 2. The average molecular weight is 452 g/mol. The van der Waals surface area contributed by atoms with Crippen molar-refractivity contribution >= 4 is 17.4 Å². The van der Waals surface area contributed by atoms with Gasteiger partial charge in [-0.25, -0.2) is 9.40 Å². The number of amides is 1. The smallest absolute Gasteiger partial charge is 0.227 e. The summed E-state index contributed by atoms with van der Waals surface area (Å²) in [6.07, 6.45) is 4.79. The molecular formula is C27H34FN3O2. The standard InChI is InChI=1S/C27H34FN3O2/c1-19(21-11-13-23(28)14-12-21)27(33)29-24-15-17-30(18-16-24)31(25-9-4-3-5-10-25)20(2)26(32)22-7-6-8-22/h3-5,9-14,19-20,22,24H,6-8,15-18H2,1-2H3,(H,29,33). The third-order valence-electron chi connectivity index (χ3n) is 7.19. The monoisotopic (exact) mass is 451 g/mol. The Hall–Kier alpha value is -2.73. The minimum atomic E-state index is -0.329. The predicted octanol–water partition coefficient (Wildman–Crippen LogP) is 4.69. The zero-order valence-electron chi connectivity index (χ0n) is 19.5. The number of Topliss-reactive ketones (excluding diaryl/α,β-unsaturated/α-hetero) is 1. The highest BCUT2D eigenvalue weighted by Gasteiger charge is 2.35. The Kier molecular flexibility index (Phi) is 7.43. The second kappa shape index (κ2) is 10.5. The topological polar surface area (TPSA) is 52.7 Å². The molecule has 2 unspecified atom stereocenters. The highest BCUT2D eigenvalue weighted by Crippen LogP contribution is 2.31. The van der Waals surface area contributed by atoms with Crippen molar-refractivity contribution in [1.29, 1.82) is 0 Å². The van der Waals surface area contributed by atoms with Crippen molar-refractivity contribution in [3.63, 3.8) is 0 Å². The number of hydrazine groups is 1. The summed E-state index contributed by atoms with van der Waals surface area (Å²) in [6.45, 7) is 5.41. The van der Waals surface area contributed by atoms with Crippen LogP contribution in [0.25, 0.3) is 0 Å². The van der Waals surface area contributed by atoms with E-state index in [0.717, 1.165) is 56.4 Å². The van der Waals surface area contributed by atoms with E-state index in [0.29, 0.717) is 5.78 Å². The number of hydrogen-bond donors (Lipinski definition) is 1. The van der Waals surface area contributed by atoms with Crippen molar-refractivity contribution < 1.29 is 14.0 Å². The zero-order chi connectivity index (χ0) is 23.4. The summed E-state index contributed by atoms with van der Waals surface area (Å²) >= 11 is 0. The molecule has 4 rings (SSSR count). The van der Waals surface area contributed by atoms with E-state index in [2.05, 4.69) is 27.5 Å². The van der Waals surface area contributed by atoms with Gasteiger partial charge in [0.25, 0.3) is 0 Å². The Balaban J connectivity index is 1.38. The average Bonchev–Trinajstić information content (AvgIpc) is 2.80. The number of ketones is 1.